The van der Waals surface area contributed by atoms with Gasteiger partial charge in [-0.15, -0.1) is 11.5 Å². The number of aromatic nitrogens is 4. The molecule has 0 radical (unpaired) electrons. The van der Waals surface area contributed by atoms with Gasteiger partial charge in [-0.3, -0.25) is 4.79 Å². The Hall–Kier alpha value is -2.63. The monoisotopic (exact) mass is 325 g/mol. The highest BCUT2D eigenvalue weighted by atomic mass is 19.4. The number of carbonyl (C=O) groups is 1. The van der Waals surface area contributed by atoms with E-state index < -0.39 is 12.0 Å². The number of aryl methyl sites for hydroxylation is 2. The van der Waals surface area contributed by atoms with Gasteiger partial charge < -0.3 is 5.32 Å². The van der Waals surface area contributed by atoms with E-state index in [2.05, 4.69) is 26.3 Å². The predicted octanol–water partition coefficient (Wildman–Crippen LogP) is 1.44. The van der Waals surface area contributed by atoms with Gasteiger partial charge in [0.05, 0.1) is 6.54 Å². The van der Waals surface area contributed by atoms with Gasteiger partial charge in [0.15, 0.2) is 0 Å². The van der Waals surface area contributed by atoms with Gasteiger partial charge in [-0.2, -0.15) is 18.2 Å². The quantitative estimate of drug-likeness (QED) is 0.864. The Labute approximate surface area is 130 Å². The summed E-state index contributed by atoms with van der Waals surface area (Å²) in [5, 5.41) is 5.98. The summed E-state index contributed by atoms with van der Waals surface area (Å²) >= 11 is 0. The SMILES string of the molecule is C#CCNC(=O)CCc1c(C)nc2nc(C(F)(F)F)nn2c1C. The summed E-state index contributed by atoms with van der Waals surface area (Å²) in [5.74, 6) is 0.691. The molecule has 0 saturated heterocycles. The van der Waals surface area contributed by atoms with E-state index in [1.54, 1.807) is 13.8 Å². The van der Waals surface area contributed by atoms with E-state index >= 15 is 0 Å². The van der Waals surface area contributed by atoms with Crippen LogP contribution in [0.2, 0.25) is 0 Å². The molecule has 0 aliphatic carbocycles. The Morgan fingerprint density at radius 2 is 2.04 bits per heavy atom. The molecule has 122 valence electrons. The van der Waals surface area contributed by atoms with Gasteiger partial charge in [0.2, 0.25) is 5.91 Å². The predicted molar refractivity (Wildman–Crippen MR) is 75.4 cm³/mol. The van der Waals surface area contributed by atoms with Crippen molar-refractivity contribution in [1.82, 2.24) is 24.9 Å². The summed E-state index contributed by atoms with van der Waals surface area (Å²) < 4.78 is 39.1. The minimum Gasteiger partial charge on any atom is -0.345 e. The highest BCUT2D eigenvalue weighted by Crippen LogP contribution is 2.27. The second kappa shape index (κ2) is 6.24. The fraction of sp³-hybridized carbons (Fsp3) is 0.429. The molecule has 2 rings (SSSR count). The number of amides is 1. The third-order valence-electron chi connectivity index (χ3n) is 3.29. The normalized spacial score (nSPS) is 11.5. The van der Waals surface area contributed by atoms with E-state index in [-0.39, 0.29) is 24.7 Å². The second-order valence-electron chi connectivity index (χ2n) is 4.89. The lowest BCUT2D eigenvalue weighted by Gasteiger charge is -2.10. The molecule has 2 aromatic rings. The molecule has 1 N–H and O–H groups in total. The first-order chi connectivity index (χ1) is 10.7. The average molecular weight is 325 g/mol. The van der Waals surface area contributed by atoms with E-state index in [0.29, 0.717) is 23.4 Å². The number of hydrogen-bond acceptors (Lipinski definition) is 4. The molecule has 2 aromatic heterocycles. The van der Waals surface area contributed by atoms with Gasteiger partial charge in [0.25, 0.3) is 11.6 Å². The van der Waals surface area contributed by atoms with E-state index in [1.807, 2.05) is 0 Å². The Morgan fingerprint density at radius 1 is 1.35 bits per heavy atom. The number of rotatable bonds is 4. The van der Waals surface area contributed by atoms with Crippen LogP contribution in [0.1, 0.15) is 29.2 Å². The summed E-state index contributed by atoms with van der Waals surface area (Å²) in [6.07, 6.45) is 0.879. The van der Waals surface area contributed by atoms with Crippen LogP contribution in [-0.2, 0) is 17.4 Å². The van der Waals surface area contributed by atoms with Gasteiger partial charge in [-0.1, -0.05) is 5.92 Å². The van der Waals surface area contributed by atoms with Gasteiger partial charge in [0, 0.05) is 17.8 Å². The highest BCUT2D eigenvalue weighted by molar-refractivity contribution is 5.76. The Balaban J connectivity index is 2.31. The smallest absolute Gasteiger partial charge is 0.345 e. The van der Waals surface area contributed by atoms with Crippen molar-refractivity contribution in [3.05, 3.63) is 22.8 Å². The first-order valence-corrected chi connectivity index (χ1v) is 6.74. The summed E-state index contributed by atoms with van der Waals surface area (Å²) in [4.78, 5) is 19.0. The molecule has 9 heteroatoms. The molecule has 0 saturated carbocycles. The van der Waals surface area contributed by atoms with Crippen LogP contribution >= 0.6 is 0 Å². The maximum atomic E-state index is 12.7. The van der Waals surface area contributed by atoms with E-state index in [1.165, 1.54) is 0 Å². The molecule has 0 aliphatic rings. The molecule has 0 spiro atoms. The van der Waals surface area contributed by atoms with E-state index in [4.69, 9.17) is 6.42 Å². The lowest BCUT2D eigenvalue weighted by Crippen LogP contribution is -2.24. The van der Waals surface area contributed by atoms with Gasteiger partial charge in [0.1, 0.15) is 0 Å². The van der Waals surface area contributed by atoms with Crippen molar-refractivity contribution in [3.63, 3.8) is 0 Å². The van der Waals surface area contributed by atoms with Crippen molar-refractivity contribution in [2.45, 2.75) is 32.9 Å². The number of alkyl halides is 3. The summed E-state index contributed by atoms with van der Waals surface area (Å²) in [5.41, 5.74) is 1.65. The topological polar surface area (TPSA) is 72.2 Å². The van der Waals surface area contributed by atoms with Crippen LogP contribution in [0.15, 0.2) is 0 Å². The van der Waals surface area contributed by atoms with Crippen LogP contribution in [0.5, 0.6) is 0 Å². The zero-order chi connectivity index (χ0) is 17.2. The van der Waals surface area contributed by atoms with Crippen molar-refractivity contribution >= 4 is 11.7 Å². The summed E-state index contributed by atoms with van der Waals surface area (Å²) in [7, 11) is 0. The maximum Gasteiger partial charge on any atom is 0.453 e. The summed E-state index contributed by atoms with van der Waals surface area (Å²) in [6.45, 7) is 3.40. The van der Waals surface area contributed by atoms with Crippen LogP contribution in [0.3, 0.4) is 0 Å². The van der Waals surface area contributed by atoms with Crippen LogP contribution in [-0.4, -0.2) is 32.0 Å². The summed E-state index contributed by atoms with van der Waals surface area (Å²) in [6, 6.07) is 0. The first kappa shape index (κ1) is 16.7. The molecule has 0 unspecified atom stereocenters. The first-order valence-electron chi connectivity index (χ1n) is 6.74. The second-order valence-corrected chi connectivity index (χ2v) is 4.89. The van der Waals surface area contributed by atoms with Crippen LogP contribution in [0, 0.1) is 26.2 Å². The number of hydrogen-bond donors (Lipinski definition) is 1. The lowest BCUT2D eigenvalue weighted by molar-refractivity contribution is -0.144. The van der Waals surface area contributed by atoms with Crippen molar-refractivity contribution in [1.29, 1.82) is 0 Å². The van der Waals surface area contributed by atoms with Gasteiger partial charge in [-0.25, -0.2) is 9.50 Å². The Morgan fingerprint density at radius 3 is 2.65 bits per heavy atom. The molecule has 1 amide bonds. The largest absolute Gasteiger partial charge is 0.453 e. The number of fused-ring (bicyclic) bond motifs is 1. The van der Waals surface area contributed by atoms with Gasteiger partial charge in [-0.05, 0) is 25.8 Å². The molecular weight excluding hydrogens is 311 g/mol. The standard InChI is InChI=1S/C14H14F3N5O/c1-4-7-18-11(23)6-5-10-8(2)19-13-20-12(14(15,16)17)21-22(13)9(10)3/h1H,5-7H2,2-3H3,(H,18,23). The Bertz CT molecular complexity index is 788. The molecular formula is C14H14F3N5O. The minimum absolute atomic E-state index is 0.118. The minimum atomic E-state index is -4.64. The molecule has 0 aliphatic heterocycles. The lowest BCUT2D eigenvalue weighted by atomic mass is 10.1. The third kappa shape index (κ3) is 3.59. The number of nitrogens with zero attached hydrogens (tertiary/aromatic N) is 4. The number of terminal acetylenes is 1. The number of carbonyl (C=O) groups excluding carboxylic acids is 1. The van der Waals surface area contributed by atoms with E-state index in [9.17, 15) is 18.0 Å². The van der Waals surface area contributed by atoms with Crippen LogP contribution in [0.25, 0.3) is 5.78 Å². The van der Waals surface area contributed by atoms with Crippen molar-refractivity contribution in [3.8, 4) is 12.3 Å². The van der Waals surface area contributed by atoms with Crippen molar-refractivity contribution in [2.24, 2.45) is 0 Å². The Kier molecular flexibility index (Phi) is 4.54. The van der Waals surface area contributed by atoms with Crippen molar-refractivity contribution in [2.75, 3.05) is 6.54 Å². The number of nitrogens with one attached hydrogen (secondary N) is 1. The molecule has 0 atom stereocenters. The fourth-order valence-corrected chi connectivity index (χ4v) is 2.17. The number of halogens is 3. The van der Waals surface area contributed by atoms with Crippen LogP contribution < -0.4 is 5.32 Å². The highest BCUT2D eigenvalue weighted by Gasteiger charge is 2.36. The maximum absolute atomic E-state index is 12.7. The third-order valence-corrected chi connectivity index (χ3v) is 3.29. The fourth-order valence-electron chi connectivity index (χ4n) is 2.17. The van der Waals surface area contributed by atoms with Gasteiger partial charge >= 0.3 is 6.18 Å². The van der Waals surface area contributed by atoms with E-state index in [0.717, 1.165) is 4.52 Å². The molecule has 2 heterocycles. The molecule has 6 nitrogen and oxygen atoms in total. The zero-order valence-corrected chi connectivity index (χ0v) is 12.5. The average Bonchev–Trinajstić information content (AvgIpc) is 2.89. The molecule has 23 heavy (non-hydrogen) atoms. The molecule has 0 aromatic carbocycles. The van der Waals surface area contributed by atoms with Crippen molar-refractivity contribution < 1.29 is 18.0 Å². The molecule has 0 fully saturated rings. The molecule has 0 bridgehead atoms. The van der Waals surface area contributed by atoms with Crippen LogP contribution in [0.4, 0.5) is 13.2 Å². The zero-order valence-electron chi connectivity index (χ0n) is 12.5.